The van der Waals surface area contributed by atoms with Crippen LogP contribution in [0.5, 0.6) is 0 Å². The van der Waals surface area contributed by atoms with Gasteiger partial charge >= 0.3 is 19.8 Å². The molecular weight excluding hydrogens is 613 g/mol. The third-order valence-corrected chi connectivity index (χ3v) is 8.85. The largest absolute Gasteiger partial charge is 0.480 e. The summed E-state index contributed by atoms with van der Waals surface area (Å²) in [4.78, 5) is 45.4. The van der Waals surface area contributed by atoms with Gasteiger partial charge in [0.25, 0.3) is 0 Å². The number of carbonyl (C=O) groups excluding carboxylic acids is 2. The van der Waals surface area contributed by atoms with Gasteiger partial charge in [0.05, 0.1) is 13.2 Å². The second-order valence-electron chi connectivity index (χ2n) is 12.4. The molecule has 3 atom stereocenters. The first kappa shape index (κ1) is 44.5. The topological polar surface area (TPSA) is 169 Å². The van der Waals surface area contributed by atoms with E-state index in [9.17, 15) is 34.1 Å². The molecule has 0 aliphatic heterocycles. The zero-order chi connectivity index (χ0) is 34.3. The Labute approximate surface area is 278 Å². The summed E-state index contributed by atoms with van der Waals surface area (Å²) in [6, 6.07) is -1.54. The molecule has 11 nitrogen and oxygen atoms in total. The Balaban J connectivity index is 3.94. The second kappa shape index (κ2) is 30.8. The third kappa shape index (κ3) is 29.9. The molecule has 12 heteroatoms. The molecule has 0 spiro atoms. The fraction of sp³-hybridized carbons (Fsp3) is 0.912. The van der Waals surface area contributed by atoms with Crippen LogP contribution in [0.2, 0.25) is 0 Å². The molecule has 0 saturated heterocycles. The summed E-state index contributed by atoms with van der Waals surface area (Å²) in [5, 5.41) is 21.6. The molecule has 3 unspecified atom stereocenters. The fourth-order valence-electron chi connectivity index (χ4n) is 5.02. The molecule has 0 saturated carbocycles. The first-order chi connectivity index (χ1) is 22.1. The molecule has 0 heterocycles. The number of phosphoric ester groups is 1. The zero-order valence-electron chi connectivity index (χ0n) is 28.9. The van der Waals surface area contributed by atoms with E-state index in [1.165, 1.54) is 83.5 Å². The molecule has 0 aromatic rings. The average molecular weight is 680 g/mol. The highest BCUT2D eigenvalue weighted by molar-refractivity contribution is 7.47. The first-order valence-corrected chi connectivity index (χ1v) is 19.6. The monoisotopic (exact) mass is 679 g/mol. The second-order valence-corrected chi connectivity index (χ2v) is 13.9. The predicted octanol–water partition coefficient (Wildman–Crippen LogP) is 8.00. The van der Waals surface area contributed by atoms with Gasteiger partial charge in [-0.25, -0.2) is 9.36 Å². The molecule has 272 valence electrons. The van der Waals surface area contributed by atoms with E-state index in [-0.39, 0.29) is 12.8 Å². The van der Waals surface area contributed by atoms with Crippen LogP contribution in [0.1, 0.15) is 168 Å². The summed E-state index contributed by atoms with van der Waals surface area (Å²) in [6.45, 7) is 2.50. The van der Waals surface area contributed by atoms with Crippen molar-refractivity contribution < 1.29 is 47.8 Å². The number of esters is 1. The van der Waals surface area contributed by atoms with E-state index in [2.05, 4.69) is 19.2 Å². The molecule has 0 aromatic carbocycles. The van der Waals surface area contributed by atoms with Crippen molar-refractivity contribution in [3.63, 3.8) is 0 Å². The van der Waals surface area contributed by atoms with Crippen molar-refractivity contribution in [3.05, 3.63) is 0 Å². The minimum atomic E-state index is -4.73. The Morgan fingerprint density at radius 2 is 1.00 bits per heavy atom. The quantitative estimate of drug-likeness (QED) is 0.0297. The maximum atomic E-state index is 12.2. The summed E-state index contributed by atoms with van der Waals surface area (Å²) in [5.74, 6) is -2.37. The Hall–Kier alpha value is -1.52. The normalized spacial score (nSPS) is 14.0. The lowest BCUT2D eigenvalue weighted by molar-refractivity contribution is -0.147. The molecule has 0 rings (SSSR count). The number of hydrogen-bond acceptors (Lipinski definition) is 8. The Morgan fingerprint density at radius 3 is 1.43 bits per heavy atom. The van der Waals surface area contributed by atoms with Crippen molar-refractivity contribution in [1.82, 2.24) is 5.32 Å². The summed E-state index contributed by atoms with van der Waals surface area (Å²) in [6.07, 6.45) is 24.6. The highest BCUT2D eigenvalue weighted by Crippen LogP contribution is 2.43. The average Bonchev–Trinajstić information content (AvgIpc) is 3.02. The van der Waals surface area contributed by atoms with Gasteiger partial charge in [-0.3, -0.25) is 18.6 Å². The van der Waals surface area contributed by atoms with Crippen LogP contribution < -0.4 is 5.32 Å². The molecule has 46 heavy (non-hydrogen) atoms. The SMILES string of the molecule is CCCCCCCCCCCCCCCCCCC(=O)NC(COP(=O)(O)OCC(O)COC(=O)CCCCCCCC)C(=O)O. The maximum Gasteiger partial charge on any atom is 0.472 e. The molecule has 0 aliphatic carbocycles. The van der Waals surface area contributed by atoms with Crippen LogP contribution in [0.4, 0.5) is 0 Å². The number of unbranched alkanes of at least 4 members (excludes halogenated alkanes) is 20. The van der Waals surface area contributed by atoms with E-state index in [0.29, 0.717) is 12.8 Å². The standard InChI is InChI=1S/C34H66NO10P/c1-3-5-7-9-11-12-13-14-15-16-17-18-19-20-21-23-25-32(37)35-31(34(39)40)29-45-46(41,42)44-28-30(36)27-43-33(38)26-24-22-10-8-6-4-2/h30-31,36H,3-29H2,1-2H3,(H,35,37)(H,39,40)(H,41,42). The zero-order valence-corrected chi connectivity index (χ0v) is 29.8. The summed E-state index contributed by atoms with van der Waals surface area (Å²) in [7, 11) is -4.73. The molecule has 1 amide bonds. The number of carboxylic acids is 1. The van der Waals surface area contributed by atoms with Crippen molar-refractivity contribution in [1.29, 1.82) is 0 Å². The van der Waals surface area contributed by atoms with Crippen molar-refractivity contribution in [2.75, 3.05) is 19.8 Å². The highest BCUT2D eigenvalue weighted by atomic mass is 31.2. The van der Waals surface area contributed by atoms with E-state index in [1.807, 2.05) is 0 Å². The molecule has 0 bridgehead atoms. The number of carbonyl (C=O) groups is 3. The number of nitrogens with one attached hydrogen (secondary N) is 1. The Bertz CT molecular complexity index is 813. The molecule has 4 N–H and O–H groups in total. The molecule has 0 aliphatic rings. The minimum Gasteiger partial charge on any atom is -0.480 e. The smallest absolute Gasteiger partial charge is 0.472 e. The first-order valence-electron chi connectivity index (χ1n) is 18.1. The maximum absolute atomic E-state index is 12.2. The fourth-order valence-corrected chi connectivity index (χ4v) is 5.79. The summed E-state index contributed by atoms with van der Waals surface area (Å²) in [5.41, 5.74) is 0. The van der Waals surface area contributed by atoms with Crippen LogP contribution >= 0.6 is 7.82 Å². The predicted molar refractivity (Wildman–Crippen MR) is 180 cm³/mol. The van der Waals surface area contributed by atoms with Gasteiger partial charge in [0.1, 0.15) is 12.7 Å². The third-order valence-electron chi connectivity index (χ3n) is 7.90. The Morgan fingerprint density at radius 1 is 0.609 bits per heavy atom. The molecule has 0 aromatic heterocycles. The van der Waals surface area contributed by atoms with Crippen LogP contribution in [0.25, 0.3) is 0 Å². The number of carboxylic acid groups (broad SMARTS) is 1. The number of amides is 1. The Kier molecular flexibility index (Phi) is 29.8. The number of aliphatic hydroxyl groups is 1. The minimum absolute atomic E-state index is 0.152. The van der Waals surface area contributed by atoms with Gasteiger partial charge in [0.2, 0.25) is 5.91 Å². The van der Waals surface area contributed by atoms with Crippen molar-refractivity contribution in [3.8, 4) is 0 Å². The van der Waals surface area contributed by atoms with E-state index >= 15 is 0 Å². The number of ether oxygens (including phenoxy) is 1. The molecule has 0 radical (unpaired) electrons. The van der Waals surface area contributed by atoms with Crippen LogP contribution in [0.15, 0.2) is 0 Å². The van der Waals surface area contributed by atoms with Gasteiger partial charge in [0, 0.05) is 12.8 Å². The summed E-state index contributed by atoms with van der Waals surface area (Å²) < 4.78 is 26.5. The van der Waals surface area contributed by atoms with Crippen molar-refractivity contribution in [2.24, 2.45) is 0 Å². The van der Waals surface area contributed by atoms with E-state index in [0.717, 1.165) is 44.9 Å². The van der Waals surface area contributed by atoms with Crippen LogP contribution in [0, 0.1) is 0 Å². The van der Waals surface area contributed by atoms with Gasteiger partial charge in [-0.1, -0.05) is 142 Å². The van der Waals surface area contributed by atoms with Crippen LogP contribution in [0.3, 0.4) is 0 Å². The lowest BCUT2D eigenvalue weighted by atomic mass is 10.0. The van der Waals surface area contributed by atoms with Gasteiger partial charge in [-0.2, -0.15) is 0 Å². The van der Waals surface area contributed by atoms with E-state index in [4.69, 9.17) is 13.8 Å². The van der Waals surface area contributed by atoms with E-state index < -0.39 is 57.6 Å². The number of aliphatic carboxylic acids is 1. The van der Waals surface area contributed by atoms with Gasteiger partial charge in [0.15, 0.2) is 6.04 Å². The van der Waals surface area contributed by atoms with Gasteiger partial charge in [-0.15, -0.1) is 0 Å². The molecule has 0 fully saturated rings. The van der Waals surface area contributed by atoms with Gasteiger partial charge in [-0.05, 0) is 12.8 Å². The number of hydrogen-bond donors (Lipinski definition) is 4. The van der Waals surface area contributed by atoms with E-state index in [1.54, 1.807) is 0 Å². The van der Waals surface area contributed by atoms with Crippen LogP contribution in [-0.2, 0) is 32.7 Å². The van der Waals surface area contributed by atoms with Gasteiger partial charge < -0.3 is 25.2 Å². The molecular formula is C34H66NO10P. The lowest BCUT2D eigenvalue weighted by Crippen LogP contribution is -2.43. The number of aliphatic hydroxyl groups excluding tert-OH is 1. The van der Waals surface area contributed by atoms with Crippen LogP contribution in [-0.4, -0.2) is 64.9 Å². The van der Waals surface area contributed by atoms with Crippen molar-refractivity contribution >= 4 is 25.7 Å². The summed E-state index contributed by atoms with van der Waals surface area (Å²) >= 11 is 0. The number of phosphoric acid groups is 1. The highest BCUT2D eigenvalue weighted by Gasteiger charge is 2.28. The number of rotatable bonds is 34. The lowest BCUT2D eigenvalue weighted by Gasteiger charge is -2.18. The van der Waals surface area contributed by atoms with Crippen molar-refractivity contribution in [2.45, 2.75) is 180 Å².